The molecule has 1 amide bonds. The molecular formula is C16H22N4O2. The van der Waals surface area contributed by atoms with E-state index < -0.39 is 0 Å². The van der Waals surface area contributed by atoms with Crippen LogP contribution in [0.4, 0.5) is 0 Å². The highest BCUT2D eigenvalue weighted by atomic mass is 16.5. The number of hydrogen-bond acceptors (Lipinski definition) is 4. The lowest BCUT2D eigenvalue weighted by atomic mass is 10.2. The van der Waals surface area contributed by atoms with Gasteiger partial charge < -0.3 is 14.0 Å². The standard InChI is InChI=1S/C16H22N4O2/c1-12-4-5-18(3)15(12)16(21)20-8-6-19(7-9-20)11-14-10-13(2)17-22-14/h4-5,10H,6-9,11H2,1-3H3. The second-order valence-corrected chi connectivity index (χ2v) is 5.96. The fraction of sp³-hybridized carbons (Fsp3) is 0.500. The molecule has 0 aromatic carbocycles. The van der Waals surface area contributed by atoms with Gasteiger partial charge in [0.1, 0.15) is 5.69 Å². The van der Waals surface area contributed by atoms with E-state index in [2.05, 4.69) is 10.1 Å². The van der Waals surface area contributed by atoms with Crippen molar-refractivity contribution in [3.63, 3.8) is 0 Å². The highest BCUT2D eigenvalue weighted by molar-refractivity contribution is 5.94. The van der Waals surface area contributed by atoms with Crippen LogP contribution in [0.2, 0.25) is 0 Å². The number of aryl methyl sites for hydroxylation is 3. The Labute approximate surface area is 130 Å². The van der Waals surface area contributed by atoms with Gasteiger partial charge in [0.25, 0.3) is 5.91 Å². The van der Waals surface area contributed by atoms with E-state index in [0.29, 0.717) is 0 Å². The minimum Gasteiger partial charge on any atom is -0.360 e. The van der Waals surface area contributed by atoms with Crippen molar-refractivity contribution in [3.05, 3.63) is 41.0 Å². The van der Waals surface area contributed by atoms with Gasteiger partial charge in [-0.1, -0.05) is 5.16 Å². The molecule has 22 heavy (non-hydrogen) atoms. The number of amides is 1. The minimum absolute atomic E-state index is 0.125. The summed E-state index contributed by atoms with van der Waals surface area (Å²) in [6.07, 6.45) is 1.94. The molecule has 6 heteroatoms. The second-order valence-electron chi connectivity index (χ2n) is 5.96. The second kappa shape index (κ2) is 5.96. The van der Waals surface area contributed by atoms with E-state index in [1.165, 1.54) is 0 Å². The van der Waals surface area contributed by atoms with Gasteiger partial charge >= 0.3 is 0 Å². The van der Waals surface area contributed by atoms with Crippen LogP contribution in [0, 0.1) is 13.8 Å². The predicted octanol–water partition coefficient (Wildman–Crippen LogP) is 1.59. The summed E-state index contributed by atoms with van der Waals surface area (Å²) < 4.78 is 7.16. The summed E-state index contributed by atoms with van der Waals surface area (Å²) in [5, 5.41) is 3.91. The molecule has 0 aliphatic carbocycles. The molecule has 6 nitrogen and oxygen atoms in total. The van der Waals surface area contributed by atoms with Crippen molar-refractivity contribution >= 4 is 5.91 Å². The third-order valence-corrected chi connectivity index (χ3v) is 4.19. The molecule has 1 saturated heterocycles. The Hall–Kier alpha value is -2.08. The molecule has 2 aromatic heterocycles. The molecule has 1 aliphatic rings. The lowest BCUT2D eigenvalue weighted by Crippen LogP contribution is -2.48. The number of carbonyl (C=O) groups is 1. The summed E-state index contributed by atoms with van der Waals surface area (Å²) in [4.78, 5) is 16.9. The fourth-order valence-electron chi connectivity index (χ4n) is 2.94. The van der Waals surface area contributed by atoms with Crippen molar-refractivity contribution in [2.75, 3.05) is 26.2 Å². The van der Waals surface area contributed by atoms with Crippen LogP contribution in [0.3, 0.4) is 0 Å². The Morgan fingerprint density at radius 2 is 2.00 bits per heavy atom. The van der Waals surface area contributed by atoms with Crippen LogP contribution >= 0.6 is 0 Å². The fourth-order valence-corrected chi connectivity index (χ4v) is 2.94. The Morgan fingerprint density at radius 3 is 2.55 bits per heavy atom. The molecule has 0 N–H and O–H groups in total. The molecule has 0 atom stereocenters. The van der Waals surface area contributed by atoms with E-state index in [1.807, 2.05) is 48.7 Å². The third kappa shape index (κ3) is 2.92. The van der Waals surface area contributed by atoms with Gasteiger partial charge in [-0.05, 0) is 25.5 Å². The molecule has 0 saturated carbocycles. The Morgan fingerprint density at radius 1 is 1.27 bits per heavy atom. The van der Waals surface area contributed by atoms with Crippen LogP contribution in [0.5, 0.6) is 0 Å². The summed E-state index contributed by atoms with van der Waals surface area (Å²) in [7, 11) is 1.92. The van der Waals surface area contributed by atoms with Crippen LogP contribution in [0.25, 0.3) is 0 Å². The van der Waals surface area contributed by atoms with Gasteiger partial charge in [0.2, 0.25) is 0 Å². The van der Waals surface area contributed by atoms with Crippen molar-refractivity contribution in [1.29, 1.82) is 0 Å². The van der Waals surface area contributed by atoms with Gasteiger partial charge in [0, 0.05) is 45.5 Å². The Balaban J connectivity index is 1.58. The van der Waals surface area contributed by atoms with E-state index in [4.69, 9.17) is 4.52 Å². The molecule has 1 aliphatic heterocycles. The summed E-state index contributed by atoms with van der Waals surface area (Å²) in [6, 6.07) is 3.95. The zero-order valence-corrected chi connectivity index (χ0v) is 13.4. The molecule has 0 spiro atoms. The largest absolute Gasteiger partial charge is 0.360 e. The van der Waals surface area contributed by atoms with Crippen LogP contribution < -0.4 is 0 Å². The smallest absolute Gasteiger partial charge is 0.270 e. The molecule has 0 bridgehead atoms. The topological polar surface area (TPSA) is 54.5 Å². The number of aromatic nitrogens is 2. The van der Waals surface area contributed by atoms with E-state index in [9.17, 15) is 4.79 Å². The van der Waals surface area contributed by atoms with Crippen LogP contribution in [-0.4, -0.2) is 51.6 Å². The average Bonchev–Trinajstić information content (AvgIpc) is 3.05. The molecule has 3 heterocycles. The lowest BCUT2D eigenvalue weighted by Gasteiger charge is -2.34. The van der Waals surface area contributed by atoms with Gasteiger partial charge in [-0.2, -0.15) is 0 Å². The van der Waals surface area contributed by atoms with Crippen LogP contribution in [-0.2, 0) is 13.6 Å². The summed E-state index contributed by atoms with van der Waals surface area (Å²) >= 11 is 0. The number of carbonyl (C=O) groups excluding carboxylic acids is 1. The number of piperazine rings is 1. The first-order valence-electron chi connectivity index (χ1n) is 7.60. The maximum Gasteiger partial charge on any atom is 0.270 e. The normalized spacial score (nSPS) is 16.2. The first kappa shape index (κ1) is 14.8. The van der Waals surface area contributed by atoms with E-state index in [0.717, 1.165) is 55.4 Å². The zero-order valence-electron chi connectivity index (χ0n) is 13.4. The van der Waals surface area contributed by atoms with Crippen molar-refractivity contribution in [2.45, 2.75) is 20.4 Å². The van der Waals surface area contributed by atoms with Crippen molar-refractivity contribution in [1.82, 2.24) is 19.5 Å². The van der Waals surface area contributed by atoms with Crippen molar-refractivity contribution in [3.8, 4) is 0 Å². The van der Waals surface area contributed by atoms with Gasteiger partial charge in [0.05, 0.1) is 12.2 Å². The molecular weight excluding hydrogens is 280 g/mol. The van der Waals surface area contributed by atoms with E-state index in [1.54, 1.807) is 0 Å². The first-order chi connectivity index (χ1) is 10.5. The van der Waals surface area contributed by atoms with Gasteiger partial charge in [0.15, 0.2) is 5.76 Å². The minimum atomic E-state index is 0.125. The number of rotatable bonds is 3. The SMILES string of the molecule is Cc1cc(CN2CCN(C(=O)c3c(C)ccn3C)CC2)on1. The highest BCUT2D eigenvalue weighted by Crippen LogP contribution is 2.15. The quantitative estimate of drug-likeness (QED) is 0.864. The zero-order chi connectivity index (χ0) is 15.7. The molecule has 3 rings (SSSR count). The van der Waals surface area contributed by atoms with Crippen LogP contribution in [0.15, 0.2) is 22.9 Å². The number of nitrogens with zero attached hydrogens (tertiary/aromatic N) is 4. The van der Waals surface area contributed by atoms with E-state index in [-0.39, 0.29) is 5.91 Å². The van der Waals surface area contributed by atoms with E-state index >= 15 is 0 Å². The summed E-state index contributed by atoms with van der Waals surface area (Å²) in [5.74, 6) is 1.01. The van der Waals surface area contributed by atoms with Gasteiger partial charge in [-0.3, -0.25) is 9.69 Å². The summed E-state index contributed by atoms with van der Waals surface area (Å²) in [6.45, 7) is 7.87. The lowest BCUT2D eigenvalue weighted by molar-refractivity contribution is 0.0607. The average molecular weight is 302 g/mol. The van der Waals surface area contributed by atoms with Crippen molar-refractivity contribution < 1.29 is 9.32 Å². The number of hydrogen-bond donors (Lipinski definition) is 0. The van der Waals surface area contributed by atoms with Gasteiger partial charge in [-0.15, -0.1) is 0 Å². The summed E-state index contributed by atoms with van der Waals surface area (Å²) in [5.41, 5.74) is 2.73. The molecule has 1 fully saturated rings. The highest BCUT2D eigenvalue weighted by Gasteiger charge is 2.25. The van der Waals surface area contributed by atoms with Crippen LogP contribution in [0.1, 0.15) is 27.5 Å². The Bertz CT molecular complexity index is 646. The molecule has 0 unspecified atom stereocenters. The predicted molar refractivity (Wildman–Crippen MR) is 82.6 cm³/mol. The van der Waals surface area contributed by atoms with Gasteiger partial charge in [-0.25, -0.2) is 0 Å². The maximum absolute atomic E-state index is 12.6. The third-order valence-electron chi connectivity index (χ3n) is 4.19. The maximum atomic E-state index is 12.6. The Kier molecular flexibility index (Phi) is 4.02. The molecule has 118 valence electrons. The molecule has 2 aromatic rings. The molecule has 0 radical (unpaired) electrons. The van der Waals surface area contributed by atoms with Crippen molar-refractivity contribution in [2.24, 2.45) is 7.05 Å². The monoisotopic (exact) mass is 302 g/mol. The first-order valence-corrected chi connectivity index (χ1v) is 7.60.